The molecule has 2 aliphatic heterocycles. The lowest BCUT2D eigenvalue weighted by Gasteiger charge is -2.07. The molecule has 0 radical (unpaired) electrons. The number of aromatic nitrogens is 2. The monoisotopic (exact) mass is 856 g/mol. The van der Waals surface area contributed by atoms with Crippen LogP contribution in [0.2, 0.25) is 0 Å². The van der Waals surface area contributed by atoms with Crippen LogP contribution in [-0.4, -0.2) is 80.7 Å². The maximum atomic E-state index is 12.3. The van der Waals surface area contributed by atoms with Crippen LogP contribution in [0.4, 0.5) is 0 Å². The third-order valence-electron chi connectivity index (χ3n) is 8.91. The van der Waals surface area contributed by atoms with Crippen molar-refractivity contribution < 1.29 is 34.1 Å². The molecule has 0 aliphatic carbocycles. The molecule has 6 aromatic rings. The molecule has 2 saturated heterocycles. The standard InChI is InChI=1S/C23H21N3O3S.C12H11NO2.C11H12N2O2S/c1-2-29-20-10-12-24-19-8-5-16(13-18(19)20)14-21-22(28)26-23(30-21)25-11-9-15-3-6-17(27)7-4-15;1-2-15-12-5-6-13-11-4-3-9(8-14)7-10(11)12;14-9-3-1-8(2-4-9)5-6-12-11-13-10(15)7-16-11/h3-8,10,12-14,27H,2,9,11H2,1H3,(H,25,26,28);3-8H,2H2,1H3;1-4,14H,5-7H2,(H,12,13,15)/b21-14-;;. The summed E-state index contributed by atoms with van der Waals surface area (Å²) in [5.41, 5.74) is 5.43. The molecule has 0 atom stereocenters. The van der Waals surface area contributed by atoms with E-state index in [1.54, 1.807) is 54.9 Å². The number of aliphatic imine (C=N–C) groups is 2. The molecule has 13 nitrogen and oxygen atoms in total. The number of nitrogens with one attached hydrogen (secondary N) is 2. The molecule has 2 fully saturated rings. The molecule has 15 heteroatoms. The highest BCUT2D eigenvalue weighted by Gasteiger charge is 2.23. The first-order chi connectivity index (χ1) is 29.7. The van der Waals surface area contributed by atoms with Crippen molar-refractivity contribution in [3.63, 3.8) is 0 Å². The average molecular weight is 857 g/mol. The normalized spacial score (nSPS) is 15.2. The van der Waals surface area contributed by atoms with Crippen molar-refractivity contribution in [2.45, 2.75) is 26.7 Å². The molecule has 2 amide bonds. The Morgan fingerprint density at radius 2 is 1.21 bits per heavy atom. The average Bonchev–Trinajstić information content (AvgIpc) is 3.86. The van der Waals surface area contributed by atoms with Gasteiger partial charge >= 0.3 is 0 Å². The number of thioether (sulfide) groups is 2. The Labute approximate surface area is 361 Å². The lowest BCUT2D eigenvalue weighted by atomic mass is 10.1. The summed E-state index contributed by atoms with van der Waals surface area (Å²) in [6.07, 6.45) is 7.64. The Kier molecular flexibility index (Phi) is 15.9. The van der Waals surface area contributed by atoms with E-state index < -0.39 is 0 Å². The topological polar surface area (TPSA) is 185 Å². The molecular formula is C46H44N6O7S2. The summed E-state index contributed by atoms with van der Waals surface area (Å²) < 4.78 is 11.2. The number of rotatable bonds is 12. The SMILES string of the molecule is CCOc1ccnc2ccc(/C=C3\SC(=NCCc4ccc(O)cc4)NC3=O)cc12.CCOc1ccnc2ccc(C=O)cc12.O=C1CSC(=NCCc2ccc(O)cc2)N1. The van der Waals surface area contributed by atoms with Crippen molar-refractivity contribution in [1.29, 1.82) is 0 Å². The first-order valence-electron chi connectivity index (χ1n) is 19.5. The molecule has 4 aromatic carbocycles. The van der Waals surface area contributed by atoms with Gasteiger partial charge in [-0.25, -0.2) is 0 Å². The maximum Gasteiger partial charge on any atom is 0.264 e. The largest absolute Gasteiger partial charge is 0.508 e. The van der Waals surface area contributed by atoms with Crippen LogP contribution >= 0.6 is 23.5 Å². The van der Waals surface area contributed by atoms with E-state index in [0.717, 1.165) is 69.1 Å². The van der Waals surface area contributed by atoms with Crippen LogP contribution < -0.4 is 20.1 Å². The van der Waals surface area contributed by atoms with Crippen LogP contribution in [0.3, 0.4) is 0 Å². The van der Waals surface area contributed by atoms with Crippen molar-refractivity contribution in [3.8, 4) is 23.0 Å². The Morgan fingerprint density at radius 3 is 1.72 bits per heavy atom. The number of pyridine rings is 2. The molecule has 4 N–H and O–H groups in total. The molecular weight excluding hydrogens is 813 g/mol. The number of nitrogens with zero attached hydrogens (tertiary/aromatic N) is 4. The fraction of sp³-hybridized carbons (Fsp3) is 0.196. The van der Waals surface area contributed by atoms with E-state index in [4.69, 9.17) is 14.6 Å². The second-order valence-electron chi connectivity index (χ2n) is 13.3. The van der Waals surface area contributed by atoms with Gasteiger partial charge in [0, 0.05) is 41.8 Å². The van der Waals surface area contributed by atoms with Crippen LogP contribution in [0.25, 0.3) is 27.9 Å². The van der Waals surface area contributed by atoms with Crippen LogP contribution in [0, 0.1) is 0 Å². The van der Waals surface area contributed by atoms with Gasteiger partial charge in [-0.1, -0.05) is 42.1 Å². The molecule has 61 heavy (non-hydrogen) atoms. The Bertz CT molecular complexity index is 2580. The summed E-state index contributed by atoms with van der Waals surface area (Å²) in [6, 6.07) is 29.0. The summed E-state index contributed by atoms with van der Waals surface area (Å²) >= 11 is 2.77. The molecule has 2 aliphatic rings. The Hall–Kier alpha value is -6.71. The molecule has 2 aromatic heterocycles. The fourth-order valence-corrected chi connectivity index (χ4v) is 7.52. The molecule has 4 heterocycles. The van der Waals surface area contributed by atoms with Gasteiger partial charge in [0.2, 0.25) is 5.91 Å². The summed E-state index contributed by atoms with van der Waals surface area (Å²) in [5.74, 6) is 2.41. The highest BCUT2D eigenvalue weighted by Crippen LogP contribution is 2.30. The summed E-state index contributed by atoms with van der Waals surface area (Å²) in [5, 5.41) is 27.1. The maximum absolute atomic E-state index is 12.3. The first-order valence-corrected chi connectivity index (χ1v) is 21.3. The zero-order valence-corrected chi connectivity index (χ0v) is 35.2. The summed E-state index contributed by atoms with van der Waals surface area (Å²) in [4.78, 5) is 51.8. The minimum absolute atomic E-state index is 0.0217. The number of hydrogen-bond donors (Lipinski definition) is 4. The van der Waals surface area contributed by atoms with Crippen molar-refractivity contribution in [2.24, 2.45) is 9.98 Å². The lowest BCUT2D eigenvalue weighted by molar-refractivity contribution is -0.117. The van der Waals surface area contributed by atoms with Gasteiger partial charge < -0.3 is 30.3 Å². The number of hydrogen-bond acceptors (Lipinski definition) is 13. The van der Waals surface area contributed by atoms with Gasteiger partial charge in [-0.15, -0.1) is 0 Å². The predicted octanol–water partition coefficient (Wildman–Crippen LogP) is 7.74. The number of fused-ring (bicyclic) bond motifs is 2. The van der Waals surface area contributed by atoms with Crippen molar-refractivity contribution in [3.05, 3.63) is 137 Å². The van der Waals surface area contributed by atoms with E-state index in [1.807, 2.05) is 74.5 Å². The number of phenolic OH excluding ortho intramolecular Hbond substituents is 2. The number of benzene rings is 4. The van der Waals surface area contributed by atoms with E-state index >= 15 is 0 Å². The quantitative estimate of drug-likeness (QED) is 0.0697. The van der Waals surface area contributed by atoms with Crippen LogP contribution in [0.15, 0.2) is 124 Å². The Morgan fingerprint density at radius 1 is 0.689 bits per heavy atom. The van der Waals surface area contributed by atoms with Gasteiger partial charge in [0.15, 0.2) is 10.3 Å². The second kappa shape index (κ2) is 22.1. The van der Waals surface area contributed by atoms with Gasteiger partial charge in [0.1, 0.15) is 29.3 Å². The molecule has 0 saturated carbocycles. The van der Waals surface area contributed by atoms with Gasteiger partial charge in [0.25, 0.3) is 5.91 Å². The zero-order valence-electron chi connectivity index (χ0n) is 33.5. The van der Waals surface area contributed by atoms with E-state index in [0.29, 0.717) is 52.9 Å². The number of phenols is 2. The summed E-state index contributed by atoms with van der Waals surface area (Å²) in [7, 11) is 0. The van der Waals surface area contributed by atoms with Crippen LogP contribution in [0.1, 0.15) is 40.9 Å². The fourth-order valence-electron chi connectivity index (χ4n) is 5.96. The van der Waals surface area contributed by atoms with Gasteiger partial charge in [-0.3, -0.25) is 34.3 Å². The van der Waals surface area contributed by atoms with Gasteiger partial charge in [0.05, 0.1) is 34.9 Å². The predicted molar refractivity (Wildman–Crippen MR) is 244 cm³/mol. The van der Waals surface area contributed by atoms with Crippen molar-refractivity contribution >= 4 is 79.8 Å². The minimum Gasteiger partial charge on any atom is -0.508 e. The molecule has 8 rings (SSSR count). The molecule has 0 unspecified atom stereocenters. The zero-order chi connectivity index (χ0) is 43.0. The van der Waals surface area contributed by atoms with E-state index in [2.05, 4.69) is 30.6 Å². The van der Waals surface area contributed by atoms with E-state index in [9.17, 15) is 19.5 Å². The van der Waals surface area contributed by atoms with Crippen LogP contribution in [0.5, 0.6) is 23.0 Å². The first kappa shape index (κ1) is 43.9. The van der Waals surface area contributed by atoms with Crippen molar-refractivity contribution in [2.75, 3.05) is 32.1 Å². The number of carbonyl (C=O) groups is 3. The number of ether oxygens (including phenoxy) is 2. The number of carbonyl (C=O) groups excluding carboxylic acids is 3. The summed E-state index contributed by atoms with van der Waals surface area (Å²) in [6.45, 7) is 6.25. The number of aldehydes is 1. The lowest BCUT2D eigenvalue weighted by Crippen LogP contribution is -2.20. The van der Waals surface area contributed by atoms with Gasteiger partial charge in [-0.05, 0) is 128 Å². The number of aromatic hydroxyl groups is 2. The molecule has 312 valence electrons. The van der Waals surface area contributed by atoms with Gasteiger partial charge in [-0.2, -0.15) is 0 Å². The molecule has 0 bridgehead atoms. The third-order valence-corrected chi connectivity index (χ3v) is 10.8. The van der Waals surface area contributed by atoms with E-state index in [1.165, 1.54) is 23.5 Å². The smallest absolute Gasteiger partial charge is 0.264 e. The minimum atomic E-state index is -0.153. The van der Waals surface area contributed by atoms with Crippen molar-refractivity contribution in [1.82, 2.24) is 20.6 Å². The highest BCUT2D eigenvalue weighted by atomic mass is 32.2. The molecule has 0 spiro atoms. The van der Waals surface area contributed by atoms with Crippen LogP contribution in [-0.2, 0) is 22.4 Å². The second-order valence-corrected chi connectivity index (χ2v) is 15.3. The highest BCUT2D eigenvalue weighted by molar-refractivity contribution is 8.18. The Balaban J connectivity index is 0.000000169. The number of amides is 2. The third kappa shape index (κ3) is 12.9. The number of amidine groups is 2. The van der Waals surface area contributed by atoms with E-state index in [-0.39, 0.29) is 23.3 Å².